The Morgan fingerprint density at radius 2 is 1.93 bits per heavy atom. The lowest BCUT2D eigenvalue weighted by Crippen LogP contribution is -2.15. The minimum atomic E-state index is -4.66. The Labute approximate surface area is 173 Å². The largest absolute Gasteiger partial charge is 0.478 e. The Kier molecular flexibility index (Phi) is 6.12. The molecular formula is C21H18F3NO4S. The zero-order valence-corrected chi connectivity index (χ0v) is 16.9. The number of thioether (sulfide) groups is 1. The first-order chi connectivity index (χ1) is 14.1. The first-order valence-corrected chi connectivity index (χ1v) is 10.0. The van der Waals surface area contributed by atoms with Crippen molar-refractivity contribution >= 4 is 34.4 Å². The van der Waals surface area contributed by atoms with E-state index in [4.69, 9.17) is 4.42 Å². The number of carboxylic acid groups (broad SMARTS) is 1. The third-order valence-electron chi connectivity index (χ3n) is 4.44. The summed E-state index contributed by atoms with van der Waals surface area (Å²) in [6, 6.07) is 8.17. The zero-order valence-electron chi connectivity index (χ0n) is 16.0. The van der Waals surface area contributed by atoms with Crippen molar-refractivity contribution in [2.75, 3.05) is 11.1 Å². The standard InChI is InChI=1S/C21H18F3NO4S/c1-3-30-18-10-17(26)15-9-12(21(22,23)24)8-14(19(15)29-18)11(2)25-16-7-5-4-6-13(16)20(27)28/h4-11,25H,3H2,1-2H3,(H,27,28). The molecule has 0 fully saturated rings. The van der Waals surface area contributed by atoms with E-state index < -0.39 is 29.2 Å². The molecule has 0 amide bonds. The maximum Gasteiger partial charge on any atom is 0.416 e. The summed E-state index contributed by atoms with van der Waals surface area (Å²) in [5.41, 5.74) is -1.19. The van der Waals surface area contributed by atoms with Gasteiger partial charge in [-0.2, -0.15) is 13.2 Å². The highest BCUT2D eigenvalue weighted by atomic mass is 32.2. The molecule has 9 heteroatoms. The molecule has 0 radical (unpaired) electrons. The van der Waals surface area contributed by atoms with Gasteiger partial charge in [-0.25, -0.2) is 4.79 Å². The van der Waals surface area contributed by atoms with Crippen molar-refractivity contribution in [1.82, 2.24) is 0 Å². The van der Waals surface area contributed by atoms with E-state index in [0.29, 0.717) is 10.8 Å². The van der Waals surface area contributed by atoms with Crippen LogP contribution in [0, 0.1) is 0 Å². The molecule has 2 N–H and O–H groups in total. The number of rotatable bonds is 6. The van der Waals surface area contributed by atoms with Crippen LogP contribution in [0.1, 0.15) is 41.4 Å². The fraction of sp³-hybridized carbons (Fsp3) is 0.238. The number of hydrogen-bond donors (Lipinski definition) is 2. The van der Waals surface area contributed by atoms with Gasteiger partial charge in [-0.05, 0) is 36.9 Å². The number of halogens is 3. The van der Waals surface area contributed by atoms with E-state index in [0.717, 1.165) is 12.1 Å². The molecule has 1 atom stereocenters. The molecule has 1 heterocycles. The SMILES string of the molecule is CCSc1cc(=O)c2cc(C(F)(F)F)cc(C(C)Nc3ccccc3C(=O)O)c2o1. The molecule has 0 spiro atoms. The highest BCUT2D eigenvalue weighted by Gasteiger charge is 2.33. The maximum atomic E-state index is 13.5. The van der Waals surface area contributed by atoms with Crippen LogP contribution in [0.2, 0.25) is 0 Å². The Bertz CT molecular complexity index is 1160. The quantitative estimate of drug-likeness (QED) is 0.475. The van der Waals surface area contributed by atoms with Crippen molar-refractivity contribution in [1.29, 1.82) is 0 Å². The summed E-state index contributed by atoms with van der Waals surface area (Å²) in [7, 11) is 0. The van der Waals surface area contributed by atoms with Gasteiger partial charge >= 0.3 is 12.1 Å². The molecule has 5 nitrogen and oxygen atoms in total. The van der Waals surface area contributed by atoms with E-state index in [2.05, 4.69) is 5.32 Å². The molecule has 0 saturated heterocycles. The Morgan fingerprint density at radius 1 is 1.23 bits per heavy atom. The van der Waals surface area contributed by atoms with E-state index >= 15 is 0 Å². The van der Waals surface area contributed by atoms with Gasteiger partial charge < -0.3 is 14.8 Å². The monoisotopic (exact) mass is 437 g/mol. The lowest BCUT2D eigenvalue weighted by molar-refractivity contribution is -0.137. The van der Waals surface area contributed by atoms with E-state index in [1.165, 1.54) is 30.0 Å². The number of benzene rings is 2. The predicted molar refractivity (Wildman–Crippen MR) is 109 cm³/mol. The van der Waals surface area contributed by atoms with Gasteiger partial charge in [0.15, 0.2) is 10.5 Å². The average Bonchev–Trinajstić information content (AvgIpc) is 2.67. The number of para-hydroxylation sites is 1. The van der Waals surface area contributed by atoms with Crippen LogP contribution in [-0.4, -0.2) is 16.8 Å². The van der Waals surface area contributed by atoms with Gasteiger partial charge in [-0.1, -0.05) is 30.8 Å². The summed E-state index contributed by atoms with van der Waals surface area (Å²) in [6.07, 6.45) is -4.66. The van der Waals surface area contributed by atoms with Crippen LogP contribution >= 0.6 is 11.8 Å². The number of carbonyl (C=O) groups is 1. The Hall–Kier alpha value is -2.94. The molecule has 2 aromatic carbocycles. The topological polar surface area (TPSA) is 79.5 Å². The molecule has 0 saturated carbocycles. The average molecular weight is 437 g/mol. The van der Waals surface area contributed by atoms with E-state index in [-0.39, 0.29) is 27.8 Å². The van der Waals surface area contributed by atoms with E-state index in [1.54, 1.807) is 19.1 Å². The van der Waals surface area contributed by atoms with Gasteiger partial charge in [-0.3, -0.25) is 4.79 Å². The Balaban J connectivity index is 2.19. The van der Waals surface area contributed by atoms with Gasteiger partial charge in [0.2, 0.25) is 0 Å². The molecule has 158 valence electrons. The number of hydrogen-bond acceptors (Lipinski definition) is 5. The van der Waals surface area contributed by atoms with Gasteiger partial charge in [0.25, 0.3) is 0 Å². The second-order valence-corrected chi connectivity index (χ2v) is 7.79. The first-order valence-electron chi connectivity index (χ1n) is 9.02. The molecule has 3 aromatic rings. The molecule has 1 unspecified atom stereocenters. The second-order valence-electron chi connectivity index (χ2n) is 6.52. The number of alkyl halides is 3. The number of anilines is 1. The van der Waals surface area contributed by atoms with Crippen molar-refractivity contribution in [2.45, 2.75) is 31.2 Å². The summed E-state index contributed by atoms with van der Waals surface area (Å²) in [5, 5.41) is 12.4. The molecule has 30 heavy (non-hydrogen) atoms. The van der Waals surface area contributed by atoms with Crippen LogP contribution in [0.3, 0.4) is 0 Å². The van der Waals surface area contributed by atoms with Crippen LogP contribution < -0.4 is 10.7 Å². The lowest BCUT2D eigenvalue weighted by Gasteiger charge is -2.20. The van der Waals surface area contributed by atoms with Crippen molar-refractivity contribution in [3.63, 3.8) is 0 Å². The van der Waals surface area contributed by atoms with Crippen LogP contribution in [0.5, 0.6) is 0 Å². The normalized spacial score (nSPS) is 12.7. The summed E-state index contributed by atoms with van der Waals surface area (Å²) < 4.78 is 46.1. The van der Waals surface area contributed by atoms with Crippen LogP contribution in [-0.2, 0) is 6.18 Å². The molecule has 0 aliphatic heterocycles. The molecule has 0 aliphatic rings. The smallest absolute Gasteiger partial charge is 0.416 e. The summed E-state index contributed by atoms with van der Waals surface area (Å²) in [4.78, 5) is 23.9. The van der Waals surface area contributed by atoms with Gasteiger partial charge in [-0.15, -0.1) is 0 Å². The summed E-state index contributed by atoms with van der Waals surface area (Å²) in [5.74, 6) is -0.558. The van der Waals surface area contributed by atoms with Crippen molar-refractivity contribution in [3.05, 3.63) is 69.4 Å². The second kappa shape index (κ2) is 8.43. The fourth-order valence-corrected chi connectivity index (χ4v) is 3.69. The molecule has 3 rings (SSSR count). The van der Waals surface area contributed by atoms with Crippen LogP contribution in [0.25, 0.3) is 11.0 Å². The third-order valence-corrected chi connectivity index (χ3v) is 5.22. The van der Waals surface area contributed by atoms with Crippen molar-refractivity contribution < 1.29 is 27.5 Å². The predicted octanol–water partition coefficient (Wildman–Crippen LogP) is 5.80. The third kappa shape index (κ3) is 4.46. The van der Waals surface area contributed by atoms with Crippen LogP contribution in [0.4, 0.5) is 18.9 Å². The van der Waals surface area contributed by atoms with Gasteiger partial charge in [0, 0.05) is 17.3 Å². The first kappa shape index (κ1) is 21.8. The number of fused-ring (bicyclic) bond motifs is 1. The highest BCUT2D eigenvalue weighted by Crippen LogP contribution is 2.36. The maximum absolute atomic E-state index is 13.5. The number of carboxylic acids is 1. The van der Waals surface area contributed by atoms with Crippen molar-refractivity contribution in [2.24, 2.45) is 0 Å². The molecule has 0 aliphatic carbocycles. The number of nitrogens with one attached hydrogen (secondary N) is 1. The molecular weight excluding hydrogens is 419 g/mol. The van der Waals surface area contributed by atoms with E-state index in [1.807, 2.05) is 6.92 Å². The molecule has 0 bridgehead atoms. The van der Waals surface area contributed by atoms with Crippen LogP contribution in [0.15, 0.2) is 56.8 Å². The molecule has 1 aromatic heterocycles. The Morgan fingerprint density at radius 3 is 2.57 bits per heavy atom. The minimum absolute atomic E-state index is 0.0238. The van der Waals surface area contributed by atoms with Gasteiger partial charge in [0.1, 0.15) is 5.58 Å². The summed E-state index contributed by atoms with van der Waals surface area (Å²) >= 11 is 1.26. The fourth-order valence-electron chi connectivity index (χ4n) is 3.07. The van der Waals surface area contributed by atoms with E-state index in [9.17, 15) is 27.9 Å². The summed E-state index contributed by atoms with van der Waals surface area (Å²) in [6.45, 7) is 3.43. The zero-order chi connectivity index (χ0) is 22.1. The minimum Gasteiger partial charge on any atom is -0.478 e. The highest BCUT2D eigenvalue weighted by molar-refractivity contribution is 7.99. The number of aromatic carboxylic acids is 1. The van der Waals surface area contributed by atoms with Gasteiger partial charge in [0.05, 0.1) is 22.6 Å². The lowest BCUT2D eigenvalue weighted by atomic mass is 10.00. The van der Waals surface area contributed by atoms with Crippen molar-refractivity contribution in [3.8, 4) is 0 Å².